The van der Waals surface area contributed by atoms with Gasteiger partial charge in [-0.3, -0.25) is 0 Å². The zero-order valence-electron chi connectivity index (χ0n) is 25.2. The third kappa shape index (κ3) is 4.17. The van der Waals surface area contributed by atoms with Crippen molar-refractivity contribution in [2.24, 2.45) is 5.92 Å². The van der Waals surface area contributed by atoms with Gasteiger partial charge < -0.3 is 9.13 Å². The molecule has 6 aromatic carbocycles. The molecule has 0 saturated carbocycles. The first-order valence-corrected chi connectivity index (χ1v) is 15.8. The number of hydrogen-bond acceptors (Lipinski definition) is 0. The standard InChI is InChI=1S/C43H32N2/c1-29-19-21-31(22-20-29)33-25-32(30-11-3-2-4-12-30)26-35(27-33)45-42-18-10-7-15-38(42)39-28-34(23-24-43(39)45)44-40-16-8-5-13-36(40)37-14-6-9-17-41(37)44/h2-19,21-29H,20H2,1H3. The van der Waals surface area contributed by atoms with Crippen molar-refractivity contribution in [3.63, 3.8) is 0 Å². The van der Waals surface area contributed by atoms with E-state index >= 15 is 0 Å². The van der Waals surface area contributed by atoms with E-state index in [0.29, 0.717) is 5.92 Å². The van der Waals surface area contributed by atoms with E-state index in [9.17, 15) is 0 Å². The molecular formula is C43H32N2. The first-order chi connectivity index (χ1) is 22.2. The van der Waals surface area contributed by atoms with E-state index in [4.69, 9.17) is 0 Å². The van der Waals surface area contributed by atoms with Crippen molar-refractivity contribution < 1.29 is 0 Å². The van der Waals surface area contributed by atoms with E-state index < -0.39 is 0 Å². The van der Waals surface area contributed by atoms with E-state index in [1.165, 1.54) is 77.2 Å². The fourth-order valence-corrected chi connectivity index (χ4v) is 7.22. The maximum atomic E-state index is 2.45. The van der Waals surface area contributed by atoms with Crippen LogP contribution in [0.5, 0.6) is 0 Å². The van der Waals surface area contributed by atoms with E-state index in [1.54, 1.807) is 0 Å². The predicted octanol–water partition coefficient (Wildman–Crippen LogP) is 11.5. The molecule has 0 amide bonds. The number of aromatic nitrogens is 2. The Labute approximate surface area is 262 Å². The molecule has 2 aromatic heterocycles. The minimum atomic E-state index is 0.576. The average molecular weight is 577 g/mol. The molecule has 9 rings (SSSR count). The van der Waals surface area contributed by atoms with Crippen molar-refractivity contribution in [1.82, 2.24) is 9.13 Å². The smallest absolute Gasteiger partial charge is 0.0542 e. The molecule has 1 aliphatic carbocycles. The summed E-state index contributed by atoms with van der Waals surface area (Å²) in [5, 5.41) is 5.07. The molecule has 2 heterocycles. The molecule has 0 radical (unpaired) electrons. The number of fused-ring (bicyclic) bond motifs is 6. The van der Waals surface area contributed by atoms with Gasteiger partial charge in [0.05, 0.1) is 22.1 Å². The molecule has 0 N–H and O–H groups in total. The lowest BCUT2D eigenvalue weighted by molar-refractivity contribution is 0.739. The van der Waals surface area contributed by atoms with Crippen molar-refractivity contribution in [3.05, 3.63) is 163 Å². The van der Waals surface area contributed by atoms with Crippen LogP contribution in [0.15, 0.2) is 158 Å². The van der Waals surface area contributed by atoms with Crippen molar-refractivity contribution in [2.45, 2.75) is 13.3 Å². The summed E-state index contributed by atoms with van der Waals surface area (Å²) < 4.78 is 4.86. The second kappa shape index (κ2) is 10.2. The van der Waals surface area contributed by atoms with Gasteiger partial charge in [-0.05, 0) is 89.2 Å². The molecule has 0 aliphatic heterocycles. The van der Waals surface area contributed by atoms with Gasteiger partial charge in [-0.2, -0.15) is 0 Å². The molecule has 2 heteroatoms. The summed E-state index contributed by atoms with van der Waals surface area (Å²) in [6.45, 7) is 2.28. The quantitative estimate of drug-likeness (QED) is 0.197. The molecule has 214 valence electrons. The highest BCUT2D eigenvalue weighted by molar-refractivity contribution is 6.12. The van der Waals surface area contributed by atoms with Crippen LogP contribution >= 0.6 is 0 Å². The van der Waals surface area contributed by atoms with Gasteiger partial charge in [-0.15, -0.1) is 0 Å². The Kier molecular flexibility index (Phi) is 5.89. The number of nitrogens with zero attached hydrogens (tertiary/aromatic N) is 2. The molecule has 0 bridgehead atoms. The molecule has 0 spiro atoms. The van der Waals surface area contributed by atoms with Crippen LogP contribution in [-0.4, -0.2) is 9.13 Å². The molecule has 1 atom stereocenters. The van der Waals surface area contributed by atoms with Gasteiger partial charge >= 0.3 is 0 Å². The first-order valence-electron chi connectivity index (χ1n) is 15.8. The normalized spacial score (nSPS) is 15.0. The van der Waals surface area contributed by atoms with Crippen LogP contribution in [0.1, 0.15) is 18.9 Å². The van der Waals surface area contributed by atoms with Crippen LogP contribution in [0.4, 0.5) is 0 Å². The van der Waals surface area contributed by atoms with E-state index in [-0.39, 0.29) is 0 Å². The Hall–Kier alpha value is -5.60. The molecular weight excluding hydrogens is 544 g/mol. The number of para-hydroxylation sites is 3. The Morgan fingerprint density at radius 2 is 1.02 bits per heavy atom. The SMILES string of the molecule is CC1C=CC(c2cc(-c3ccccc3)cc(-n3c4ccccc4c4cc(-n5c6ccccc6c6ccccc65)ccc43)c2)=CC1. The second-order valence-electron chi connectivity index (χ2n) is 12.3. The van der Waals surface area contributed by atoms with E-state index in [1.807, 2.05) is 0 Å². The molecule has 1 unspecified atom stereocenters. The molecule has 1 aliphatic rings. The van der Waals surface area contributed by atoms with Crippen molar-refractivity contribution >= 4 is 49.2 Å². The Morgan fingerprint density at radius 1 is 0.467 bits per heavy atom. The lowest BCUT2D eigenvalue weighted by Gasteiger charge is -2.17. The fraction of sp³-hybridized carbons (Fsp3) is 0.0698. The zero-order chi connectivity index (χ0) is 29.9. The van der Waals surface area contributed by atoms with Crippen LogP contribution in [0.25, 0.3) is 71.7 Å². The molecule has 0 saturated heterocycles. The maximum Gasteiger partial charge on any atom is 0.0542 e. The largest absolute Gasteiger partial charge is 0.309 e. The monoisotopic (exact) mass is 576 g/mol. The number of benzene rings is 6. The summed E-state index contributed by atoms with van der Waals surface area (Å²) in [5.74, 6) is 0.576. The minimum Gasteiger partial charge on any atom is -0.309 e. The summed E-state index contributed by atoms with van der Waals surface area (Å²) in [6, 6.07) is 51.1. The highest BCUT2D eigenvalue weighted by atomic mass is 15.0. The zero-order valence-corrected chi connectivity index (χ0v) is 25.2. The van der Waals surface area contributed by atoms with Crippen molar-refractivity contribution in [2.75, 3.05) is 0 Å². The first kappa shape index (κ1) is 25.9. The van der Waals surface area contributed by atoms with Gasteiger partial charge in [0.25, 0.3) is 0 Å². The summed E-state index contributed by atoms with van der Waals surface area (Å²) in [5.41, 5.74) is 12.2. The van der Waals surface area contributed by atoms with Gasteiger partial charge in [0, 0.05) is 32.9 Å². The molecule has 0 fully saturated rings. The van der Waals surface area contributed by atoms with Crippen LogP contribution in [0.3, 0.4) is 0 Å². The summed E-state index contributed by atoms with van der Waals surface area (Å²) in [4.78, 5) is 0. The Morgan fingerprint density at radius 3 is 1.67 bits per heavy atom. The van der Waals surface area contributed by atoms with Crippen LogP contribution in [0, 0.1) is 5.92 Å². The lowest BCUT2D eigenvalue weighted by atomic mass is 9.92. The summed E-state index contributed by atoms with van der Waals surface area (Å²) in [7, 11) is 0. The maximum absolute atomic E-state index is 2.45. The highest BCUT2D eigenvalue weighted by Gasteiger charge is 2.18. The van der Waals surface area contributed by atoms with E-state index in [2.05, 4.69) is 174 Å². The number of hydrogen-bond donors (Lipinski definition) is 0. The Balaban J connectivity index is 1.30. The number of rotatable bonds is 4. The number of allylic oxidation sites excluding steroid dienone is 4. The highest BCUT2D eigenvalue weighted by Crippen LogP contribution is 2.38. The third-order valence-electron chi connectivity index (χ3n) is 9.42. The van der Waals surface area contributed by atoms with E-state index in [0.717, 1.165) is 6.42 Å². The Bertz CT molecular complexity index is 2410. The van der Waals surface area contributed by atoms with Crippen molar-refractivity contribution in [1.29, 1.82) is 0 Å². The minimum absolute atomic E-state index is 0.576. The lowest BCUT2D eigenvalue weighted by Crippen LogP contribution is -1.99. The predicted molar refractivity (Wildman–Crippen MR) is 191 cm³/mol. The average Bonchev–Trinajstić information content (AvgIpc) is 3.61. The topological polar surface area (TPSA) is 9.86 Å². The van der Waals surface area contributed by atoms with Gasteiger partial charge in [0.1, 0.15) is 0 Å². The summed E-state index contributed by atoms with van der Waals surface area (Å²) in [6.07, 6.45) is 8.09. The fourth-order valence-electron chi connectivity index (χ4n) is 7.22. The second-order valence-corrected chi connectivity index (χ2v) is 12.3. The van der Waals surface area contributed by atoms with Crippen LogP contribution < -0.4 is 0 Å². The van der Waals surface area contributed by atoms with Crippen molar-refractivity contribution in [3.8, 4) is 22.5 Å². The third-order valence-corrected chi connectivity index (χ3v) is 9.42. The van der Waals surface area contributed by atoms with Gasteiger partial charge in [0.15, 0.2) is 0 Å². The summed E-state index contributed by atoms with van der Waals surface area (Å²) >= 11 is 0. The molecule has 8 aromatic rings. The molecule has 2 nitrogen and oxygen atoms in total. The molecule has 45 heavy (non-hydrogen) atoms. The van der Waals surface area contributed by atoms with Gasteiger partial charge in [-0.25, -0.2) is 0 Å². The van der Waals surface area contributed by atoms with Gasteiger partial charge in [0.2, 0.25) is 0 Å². The van der Waals surface area contributed by atoms with Crippen LogP contribution in [0.2, 0.25) is 0 Å². The van der Waals surface area contributed by atoms with Gasteiger partial charge in [-0.1, -0.05) is 110 Å². The van der Waals surface area contributed by atoms with Crippen LogP contribution in [-0.2, 0) is 0 Å².